The van der Waals surface area contributed by atoms with Gasteiger partial charge in [0.05, 0.1) is 25.0 Å². The highest BCUT2D eigenvalue weighted by Crippen LogP contribution is 2.25. The molecule has 3 aromatic rings. The molecule has 2 aromatic carbocycles. The number of anilines is 1. The summed E-state index contributed by atoms with van der Waals surface area (Å²) in [7, 11) is 0. The normalized spacial score (nSPS) is 16.2. The van der Waals surface area contributed by atoms with Gasteiger partial charge in [0.1, 0.15) is 17.7 Å². The van der Waals surface area contributed by atoms with Crippen molar-refractivity contribution in [1.82, 2.24) is 9.88 Å². The van der Waals surface area contributed by atoms with Crippen LogP contribution in [-0.4, -0.2) is 35.6 Å². The third-order valence-corrected chi connectivity index (χ3v) is 4.84. The zero-order valence-corrected chi connectivity index (χ0v) is 16.5. The summed E-state index contributed by atoms with van der Waals surface area (Å²) in [4.78, 5) is 18.5. The molecule has 7 heteroatoms. The number of amides is 2. The molecule has 1 fully saturated rings. The summed E-state index contributed by atoms with van der Waals surface area (Å²) < 4.78 is 25.4. The quantitative estimate of drug-likeness (QED) is 0.666. The Kier molecular flexibility index (Phi) is 5.90. The Morgan fingerprint density at radius 2 is 1.97 bits per heavy atom. The van der Waals surface area contributed by atoms with Crippen LogP contribution in [0.2, 0.25) is 0 Å². The minimum atomic E-state index is -0.492. The Balaban J connectivity index is 1.36. The van der Waals surface area contributed by atoms with Crippen LogP contribution in [0.5, 0.6) is 11.6 Å². The molecule has 2 amide bonds. The van der Waals surface area contributed by atoms with Crippen LogP contribution in [0.3, 0.4) is 0 Å². The van der Waals surface area contributed by atoms with Gasteiger partial charge >= 0.3 is 6.03 Å². The number of carbonyl (C=O) groups is 1. The Morgan fingerprint density at radius 1 is 1.17 bits per heavy atom. The molecule has 1 aliphatic heterocycles. The Hall–Kier alpha value is -3.45. The number of ether oxygens (including phenoxy) is 2. The summed E-state index contributed by atoms with van der Waals surface area (Å²) in [6.07, 6.45) is 1.05. The predicted molar refractivity (Wildman–Crippen MR) is 111 cm³/mol. The number of nitrogens with zero attached hydrogens (tertiary/aromatic N) is 2. The molecule has 2 heterocycles. The Morgan fingerprint density at radius 3 is 2.70 bits per heavy atom. The molecule has 0 saturated carbocycles. The topological polar surface area (TPSA) is 63.7 Å². The number of hydrogen-bond acceptors (Lipinski definition) is 4. The van der Waals surface area contributed by atoms with Crippen molar-refractivity contribution in [1.29, 1.82) is 0 Å². The number of benzene rings is 2. The van der Waals surface area contributed by atoms with Crippen molar-refractivity contribution < 1.29 is 18.7 Å². The molecule has 154 valence electrons. The van der Waals surface area contributed by atoms with Gasteiger partial charge in [0.25, 0.3) is 0 Å². The van der Waals surface area contributed by atoms with E-state index in [1.807, 2.05) is 31.2 Å². The first-order chi connectivity index (χ1) is 14.6. The molecule has 0 aliphatic carbocycles. The summed E-state index contributed by atoms with van der Waals surface area (Å²) >= 11 is 0. The Labute approximate surface area is 174 Å². The lowest BCUT2D eigenvalue weighted by Crippen LogP contribution is -2.44. The highest BCUT2D eigenvalue weighted by Gasteiger charge is 2.27. The second-order valence-electron chi connectivity index (χ2n) is 7.06. The Bertz CT molecular complexity index is 1010. The summed E-state index contributed by atoms with van der Waals surface area (Å²) in [5, 5.41) is 2.82. The fourth-order valence-electron chi connectivity index (χ4n) is 3.20. The standard InChI is InChI=1S/C23H22FN3O3/c1-16-6-9-18(10-7-16)30-22-11-8-17(14-25-22)26-23(28)27-12-13-29-21(15-27)19-4-2-3-5-20(19)24/h2-11,14,21H,12-13,15H2,1H3,(H,26,28). The van der Waals surface area contributed by atoms with Crippen LogP contribution in [0.15, 0.2) is 66.9 Å². The molecule has 30 heavy (non-hydrogen) atoms. The average Bonchev–Trinajstić information content (AvgIpc) is 2.77. The van der Waals surface area contributed by atoms with Gasteiger partial charge in [-0.1, -0.05) is 35.9 Å². The zero-order valence-electron chi connectivity index (χ0n) is 16.5. The minimum absolute atomic E-state index is 0.273. The molecule has 1 unspecified atom stereocenters. The number of nitrogens with one attached hydrogen (secondary N) is 1. The SMILES string of the molecule is Cc1ccc(Oc2ccc(NC(=O)N3CCOC(c4ccccc4F)C3)cn2)cc1. The zero-order chi connectivity index (χ0) is 20.9. The van der Waals surface area contributed by atoms with Crippen molar-refractivity contribution in [2.75, 3.05) is 25.0 Å². The number of rotatable bonds is 4. The third-order valence-electron chi connectivity index (χ3n) is 4.84. The predicted octanol–water partition coefficient (Wildman–Crippen LogP) is 4.93. The van der Waals surface area contributed by atoms with Crippen molar-refractivity contribution >= 4 is 11.7 Å². The van der Waals surface area contributed by atoms with Crippen molar-refractivity contribution in [3.8, 4) is 11.6 Å². The maximum absolute atomic E-state index is 14.0. The molecular formula is C23H22FN3O3. The van der Waals surface area contributed by atoms with E-state index in [0.29, 0.717) is 36.0 Å². The third kappa shape index (κ3) is 4.75. The first-order valence-electron chi connectivity index (χ1n) is 9.71. The minimum Gasteiger partial charge on any atom is -0.439 e. The van der Waals surface area contributed by atoms with Crippen LogP contribution in [0.1, 0.15) is 17.2 Å². The summed E-state index contributed by atoms with van der Waals surface area (Å²) in [6.45, 7) is 3.05. The lowest BCUT2D eigenvalue weighted by molar-refractivity contribution is -0.0152. The number of carbonyl (C=O) groups excluding carboxylic acids is 1. The van der Waals surface area contributed by atoms with E-state index in [1.54, 1.807) is 35.2 Å². The van der Waals surface area contributed by atoms with Gasteiger partial charge in [0, 0.05) is 18.2 Å². The van der Waals surface area contributed by atoms with Gasteiger partial charge in [-0.05, 0) is 31.2 Å². The summed E-state index contributed by atoms with van der Waals surface area (Å²) in [5.74, 6) is 0.790. The van der Waals surface area contributed by atoms with Gasteiger partial charge in [-0.2, -0.15) is 0 Å². The number of urea groups is 1. The highest BCUT2D eigenvalue weighted by atomic mass is 19.1. The maximum Gasteiger partial charge on any atom is 0.322 e. The van der Waals surface area contributed by atoms with Crippen molar-refractivity contribution in [3.05, 3.63) is 83.8 Å². The number of hydrogen-bond donors (Lipinski definition) is 1. The van der Waals surface area contributed by atoms with Crippen LogP contribution in [-0.2, 0) is 4.74 Å². The fourth-order valence-corrected chi connectivity index (χ4v) is 3.20. The molecule has 1 aromatic heterocycles. The molecule has 1 saturated heterocycles. The summed E-state index contributed by atoms with van der Waals surface area (Å²) in [6, 6.07) is 17.3. The fraction of sp³-hybridized carbons (Fsp3) is 0.217. The van der Waals surface area contributed by atoms with Crippen LogP contribution in [0.25, 0.3) is 0 Å². The van der Waals surface area contributed by atoms with Crippen LogP contribution < -0.4 is 10.1 Å². The largest absolute Gasteiger partial charge is 0.439 e. The van der Waals surface area contributed by atoms with Gasteiger partial charge in [0.2, 0.25) is 5.88 Å². The van der Waals surface area contributed by atoms with E-state index in [0.717, 1.165) is 5.56 Å². The molecule has 4 rings (SSSR count). The van der Waals surface area contributed by atoms with Gasteiger partial charge < -0.3 is 19.7 Å². The van der Waals surface area contributed by atoms with Crippen LogP contribution >= 0.6 is 0 Å². The monoisotopic (exact) mass is 407 g/mol. The number of halogens is 1. The lowest BCUT2D eigenvalue weighted by Gasteiger charge is -2.33. The maximum atomic E-state index is 14.0. The van der Waals surface area contributed by atoms with E-state index < -0.39 is 6.10 Å². The van der Waals surface area contributed by atoms with E-state index in [2.05, 4.69) is 10.3 Å². The molecule has 6 nitrogen and oxygen atoms in total. The van der Waals surface area contributed by atoms with Gasteiger partial charge in [-0.3, -0.25) is 0 Å². The summed E-state index contributed by atoms with van der Waals surface area (Å²) in [5.41, 5.74) is 2.15. The van der Waals surface area contributed by atoms with E-state index in [1.165, 1.54) is 12.3 Å². The van der Waals surface area contributed by atoms with E-state index in [9.17, 15) is 9.18 Å². The number of aryl methyl sites for hydroxylation is 1. The van der Waals surface area contributed by atoms with Crippen LogP contribution in [0, 0.1) is 12.7 Å². The van der Waals surface area contributed by atoms with Crippen molar-refractivity contribution in [2.24, 2.45) is 0 Å². The molecule has 0 spiro atoms. The average molecular weight is 407 g/mol. The smallest absolute Gasteiger partial charge is 0.322 e. The first-order valence-corrected chi connectivity index (χ1v) is 9.71. The molecule has 0 bridgehead atoms. The van der Waals surface area contributed by atoms with Gasteiger partial charge in [-0.25, -0.2) is 14.2 Å². The van der Waals surface area contributed by atoms with Crippen molar-refractivity contribution in [3.63, 3.8) is 0 Å². The van der Waals surface area contributed by atoms with Crippen LogP contribution in [0.4, 0.5) is 14.9 Å². The molecule has 1 N–H and O–H groups in total. The highest BCUT2D eigenvalue weighted by molar-refractivity contribution is 5.89. The van der Waals surface area contributed by atoms with Gasteiger partial charge in [0.15, 0.2) is 0 Å². The van der Waals surface area contributed by atoms with E-state index in [4.69, 9.17) is 9.47 Å². The first kappa shape index (κ1) is 19.8. The van der Waals surface area contributed by atoms with E-state index in [-0.39, 0.29) is 18.4 Å². The van der Waals surface area contributed by atoms with Crippen molar-refractivity contribution in [2.45, 2.75) is 13.0 Å². The van der Waals surface area contributed by atoms with E-state index >= 15 is 0 Å². The molecule has 0 radical (unpaired) electrons. The lowest BCUT2D eigenvalue weighted by atomic mass is 10.1. The number of pyridine rings is 1. The second-order valence-corrected chi connectivity index (χ2v) is 7.06. The van der Waals surface area contributed by atoms with Gasteiger partial charge in [-0.15, -0.1) is 0 Å². The number of aromatic nitrogens is 1. The molecular weight excluding hydrogens is 385 g/mol. The number of morpholine rings is 1. The second kappa shape index (κ2) is 8.92. The molecule has 1 atom stereocenters. The molecule has 1 aliphatic rings.